The number of rotatable bonds is 18. The van der Waals surface area contributed by atoms with Crippen LogP contribution < -0.4 is 5.32 Å². The number of methoxy groups -OCH3 is 2. The van der Waals surface area contributed by atoms with Gasteiger partial charge in [0, 0.05) is 76.4 Å². The van der Waals surface area contributed by atoms with Crippen molar-refractivity contribution in [2.75, 3.05) is 34.5 Å². The zero-order valence-electron chi connectivity index (χ0n) is 50.9. The van der Waals surface area contributed by atoms with E-state index >= 15 is 9.59 Å². The molecule has 1 saturated carbocycles. The lowest BCUT2D eigenvalue weighted by Crippen LogP contribution is -2.59. The summed E-state index contributed by atoms with van der Waals surface area (Å²) in [7, 11) is 4.31. The molecule has 1 aromatic carbocycles. The number of oxime groups is 1. The van der Waals surface area contributed by atoms with Crippen LogP contribution in [0.3, 0.4) is 0 Å². The number of Topliss-reactive ketones (excluding diaryl/α,β-unsaturated/α-hetero) is 1. The van der Waals surface area contributed by atoms with Crippen molar-refractivity contribution in [3.8, 4) is 0 Å². The topological polar surface area (TPSA) is 247 Å². The normalized spacial score (nSPS) is 39.7. The van der Waals surface area contributed by atoms with Crippen molar-refractivity contribution in [2.45, 2.75) is 239 Å². The number of carbonyl (C=O) groups is 4. The molecule has 0 radical (unpaired) electrons. The summed E-state index contributed by atoms with van der Waals surface area (Å²) in [5.74, 6) is -7.32. The molecule has 4 saturated heterocycles. The number of aliphatic hydroxyl groups is 2. The third kappa shape index (κ3) is 17.2. The Labute approximate surface area is 480 Å². The second-order valence-corrected chi connectivity index (χ2v) is 24.5. The number of ether oxygens (including phenoxy) is 11. The summed E-state index contributed by atoms with van der Waals surface area (Å²) in [5, 5.41) is 29.8. The molecule has 460 valence electrons. The molecule has 1 aliphatic carbocycles. The Hall–Kier alpha value is -3.87. The Kier molecular flexibility index (Phi) is 24.4. The van der Waals surface area contributed by atoms with Crippen molar-refractivity contribution in [1.29, 1.82) is 0 Å². The van der Waals surface area contributed by atoms with Gasteiger partial charge >= 0.3 is 18.0 Å². The fraction of sp³-hybridized carbons (Fsp3) is 0.817. The van der Waals surface area contributed by atoms with E-state index in [-0.39, 0.29) is 50.5 Å². The van der Waals surface area contributed by atoms with Crippen molar-refractivity contribution in [3.05, 3.63) is 35.9 Å². The molecule has 6 rings (SSSR count). The van der Waals surface area contributed by atoms with Gasteiger partial charge in [-0.15, -0.1) is 0 Å². The number of alkyl carbamates (subject to hydrolysis) is 1. The molecule has 2 unspecified atom stereocenters. The molecule has 0 aromatic heterocycles. The van der Waals surface area contributed by atoms with Crippen LogP contribution in [0, 0.1) is 41.4 Å². The van der Waals surface area contributed by atoms with Gasteiger partial charge in [0.2, 0.25) is 0 Å². The van der Waals surface area contributed by atoms with E-state index in [2.05, 4.69) is 22.3 Å². The van der Waals surface area contributed by atoms with Gasteiger partial charge in [0.05, 0.1) is 54.7 Å². The number of aliphatic hydroxyl groups excluding tert-OH is 2. The molecular formula is C60H97N3O18. The van der Waals surface area contributed by atoms with Crippen molar-refractivity contribution in [3.63, 3.8) is 0 Å². The third-order valence-corrected chi connectivity index (χ3v) is 17.0. The van der Waals surface area contributed by atoms with Crippen molar-refractivity contribution in [2.24, 2.45) is 46.6 Å². The SMILES string of the molecule is CON=C1C[C@@H](C)O[C@@H](O[C@@H]2[C@@H](C)[C@H](O[C@H]3CC(C)N(C4CC4)C[C@H](C)O3)[C@@H](C)C(=O)O[C@H](C(C)CO[C@@H]3O[C@H](C)[C@@H](O)[C@@H](OC)[C@H]3OC)[C@H](C)[C@@H](OC(=O)CC(C)C)[C@@H](C)C(=O)[C@@](C)(OC(=O)NCc3ccccc3)C[C@@H]2C)[C@@H]1O. The summed E-state index contributed by atoms with van der Waals surface area (Å²) < 4.78 is 70.8. The highest BCUT2D eigenvalue weighted by Crippen LogP contribution is 2.41. The van der Waals surface area contributed by atoms with Gasteiger partial charge < -0.3 is 72.5 Å². The molecule has 21 nitrogen and oxygen atoms in total. The Morgan fingerprint density at radius 1 is 0.815 bits per heavy atom. The standard InChI is InChI=1S/C60H97N3O18/c1-31(2)24-45(64)77-51-38(9)50(33(4)30-73-58-54(71-15)53(70-14)47(65)41(12)76-58)79-56(68)40(11)52(78-46-25-34(5)63(43-22-23-43)29-36(7)74-46)37(8)49(80-57-48(66)44(62-72-16)26-35(6)75-57)32(3)27-60(13,55(67)39(51)10)81-59(69)61-28-42-20-18-17-19-21-42/h17-21,31-41,43,46-54,57-58,65-66H,22-30H2,1-16H3,(H,61,69)/t32-,33?,34?,35+,36-,37+,38-,39+,40+,41+,46-,47+,48+,49-,50+,51+,52-,53+,54+,57-,58+,60-/m0/s1. The summed E-state index contributed by atoms with van der Waals surface area (Å²) in [6.07, 6.45) is -11.2. The van der Waals surface area contributed by atoms with Crippen LogP contribution >= 0.6 is 0 Å². The van der Waals surface area contributed by atoms with Crippen molar-refractivity contribution < 1.29 is 86.3 Å². The van der Waals surface area contributed by atoms with Gasteiger partial charge in [-0.3, -0.25) is 19.3 Å². The molecule has 1 aromatic rings. The van der Waals surface area contributed by atoms with Crippen molar-refractivity contribution in [1.82, 2.24) is 10.2 Å². The number of hydrogen-bond donors (Lipinski definition) is 3. The van der Waals surface area contributed by atoms with Gasteiger partial charge in [-0.25, -0.2) is 4.79 Å². The maximum Gasteiger partial charge on any atom is 0.408 e. The van der Waals surface area contributed by atoms with Crippen LogP contribution in [0.2, 0.25) is 0 Å². The molecule has 4 heterocycles. The average molecular weight is 1150 g/mol. The van der Waals surface area contributed by atoms with E-state index in [0.717, 1.165) is 18.4 Å². The molecule has 5 fully saturated rings. The third-order valence-electron chi connectivity index (χ3n) is 17.0. The van der Waals surface area contributed by atoms with E-state index in [9.17, 15) is 19.8 Å². The smallest absolute Gasteiger partial charge is 0.408 e. The zero-order valence-corrected chi connectivity index (χ0v) is 50.9. The first-order valence-corrected chi connectivity index (χ1v) is 29.4. The van der Waals surface area contributed by atoms with E-state index in [1.165, 1.54) is 21.3 Å². The number of carbonyl (C=O) groups excluding carboxylic acids is 4. The summed E-state index contributed by atoms with van der Waals surface area (Å²) in [4.78, 5) is 67.3. The Balaban J connectivity index is 1.50. The lowest BCUT2D eigenvalue weighted by molar-refractivity contribution is -0.305. The fourth-order valence-electron chi connectivity index (χ4n) is 12.5. The first kappa shape index (κ1) is 66.3. The summed E-state index contributed by atoms with van der Waals surface area (Å²) >= 11 is 0. The number of esters is 2. The van der Waals surface area contributed by atoms with E-state index in [4.69, 9.17) is 56.9 Å². The van der Waals surface area contributed by atoms with Gasteiger partial charge in [0.15, 0.2) is 30.3 Å². The number of ketones is 1. The first-order chi connectivity index (χ1) is 38.3. The van der Waals surface area contributed by atoms with Crippen LogP contribution in [0.1, 0.15) is 134 Å². The Bertz CT molecular complexity index is 2200. The number of benzene rings is 1. The largest absolute Gasteiger partial charge is 0.461 e. The monoisotopic (exact) mass is 1150 g/mol. The summed E-state index contributed by atoms with van der Waals surface area (Å²) in [6.45, 7) is 24.3. The van der Waals surface area contributed by atoms with Crippen LogP contribution in [-0.2, 0) is 77.9 Å². The lowest BCUT2D eigenvalue weighted by Gasteiger charge is -2.45. The highest BCUT2D eigenvalue weighted by molar-refractivity contribution is 5.91. The van der Waals surface area contributed by atoms with Gasteiger partial charge in [0.25, 0.3) is 0 Å². The van der Waals surface area contributed by atoms with Crippen molar-refractivity contribution >= 4 is 29.5 Å². The maximum atomic E-state index is 15.9. The van der Waals surface area contributed by atoms with E-state index in [0.29, 0.717) is 24.7 Å². The predicted octanol–water partition coefficient (Wildman–Crippen LogP) is 6.74. The number of cyclic esters (lactones) is 1. The molecule has 81 heavy (non-hydrogen) atoms. The molecule has 1 amide bonds. The lowest BCUT2D eigenvalue weighted by atomic mass is 9.74. The first-order valence-electron chi connectivity index (χ1n) is 29.4. The Morgan fingerprint density at radius 3 is 2.12 bits per heavy atom. The van der Waals surface area contributed by atoms with E-state index in [1.807, 2.05) is 78.8 Å². The highest BCUT2D eigenvalue weighted by atomic mass is 16.7. The molecule has 21 heteroatoms. The number of hydrogen-bond acceptors (Lipinski definition) is 20. The molecule has 3 N–H and O–H groups in total. The van der Waals surface area contributed by atoms with Crippen LogP contribution in [0.4, 0.5) is 4.79 Å². The summed E-state index contributed by atoms with van der Waals surface area (Å²) in [6, 6.07) is 9.77. The van der Waals surface area contributed by atoms with Crippen LogP contribution in [0.15, 0.2) is 35.5 Å². The molecule has 22 atom stereocenters. The average Bonchev–Trinajstić information content (AvgIpc) is 4.37. The van der Waals surface area contributed by atoms with Gasteiger partial charge in [0.1, 0.15) is 43.7 Å². The quantitative estimate of drug-likeness (QED) is 0.0782. The zero-order chi connectivity index (χ0) is 59.6. The summed E-state index contributed by atoms with van der Waals surface area (Å²) in [5.41, 5.74) is -0.862. The molecule has 5 aliphatic rings. The minimum atomic E-state index is -1.95. The molecular weight excluding hydrogens is 1050 g/mol. The molecule has 0 spiro atoms. The molecule has 0 bridgehead atoms. The van der Waals surface area contributed by atoms with Crippen LogP contribution in [-0.4, -0.2) is 183 Å². The highest BCUT2D eigenvalue weighted by Gasteiger charge is 2.53. The second kappa shape index (κ2) is 29.8. The van der Waals surface area contributed by atoms with Crippen LogP contribution in [0.5, 0.6) is 0 Å². The minimum Gasteiger partial charge on any atom is -0.461 e. The fourth-order valence-corrected chi connectivity index (χ4v) is 12.5. The van der Waals surface area contributed by atoms with Crippen LogP contribution in [0.25, 0.3) is 0 Å². The number of nitrogens with one attached hydrogen (secondary N) is 1. The second-order valence-electron chi connectivity index (χ2n) is 24.5. The minimum absolute atomic E-state index is 0.0123. The predicted molar refractivity (Wildman–Crippen MR) is 297 cm³/mol. The van der Waals surface area contributed by atoms with E-state index in [1.54, 1.807) is 34.6 Å². The number of amides is 1. The molecule has 4 aliphatic heterocycles. The van der Waals surface area contributed by atoms with E-state index < -0.39 is 145 Å². The van der Waals surface area contributed by atoms with Gasteiger partial charge in [-0.1, -0.05) is 84.0 Å². The van der Waals surface area contributed by atoms with Gasteiger partial charge in [-0.05, 0) is 78.2 Å². The maximum absolute atomic E-state index is 15.9. The Morgan fingerprint density at radius 2 is 1.49 bits per heavy atom. The van der Waals surface area contributed by atoms with Gasteiger partial charge in [-0.2, -0.15) is 0 Å². The number of nitrogens with zero attached hydrogens (tertiary/aromatic N) is 2.